The summed E-state index contributed by atoms with van der Waals surface area (Å²) in [7, 11) is 0. The van der Waals surface area contributed by atoms with E-state index >= 15 is 0 Å². The minimum absolute atomic E-state index is 0.104. The number of Topliss-reactive ketones (excluding diaryl/α,β-unsaturated/α-hetero) is 1. The van der Waals surface area contributed by atoms with Crippen LogP contribution in [-0.4, -0.2) is 5.78 Å². The Labute approximate surface area is 120 Å². The average molecular weight is 321 g/mol. The molecule has 3 heteroatoms. The van der Waals surface area contributed by atoms with E-state index in [4.69, 9.17) is 0 Å². The molecule has 0 saturated heterocycles. The van der Waals surface area contributed by atoms with Crippen LogP contribution in [0.3, 0.4) is 0 Å². The number of hydrogen-bond donors (Lipinski definition) is 0. The van der Waals surface area contributed by atoms with Crippen LogP contribution in [0.25, 0.3) is 0 Å². The standard InChI is InChI=1S/C15H13BrOS/c1-11(17)14-9-13(16)7-8-15(14)18-10-12-5-3-2-4-6-12/h2-9H,10H2,1H3. The molecule has 2 rings (SSSR count). The van der Waals surface area contributed by atoms with Crippen molar-refractivity contribution in [1.29, 1.82) is 0 Å². The summed E-state index contributed by atoms with van der Waals surface area (Å²) >= 11 is 5.09. The van der Waals surface area contributed by atoms with E-state index in [-0.39, 0.29) is 5.78 Å². The molecule has 0 radical (unpaired) electrons. The third-order valence-electron chi connectivity index (χ3n) is 2.56. The van der Waals surface area contributed by atoms with Crippen molar-refractivity contribution in [2.75, 3.05) is 0 Å². The molecule has 2 aromatic rings. The first-order chi connectivity index (χ1) is 8.66. The Morgan fingerprint density at radius 1 is 1.17 bits per heavy atom. The van der Waals surface area contributed by atoms with E-state index in [1.54, 1.807) is 18.7 Å². The van der Waals surface area contributed by atoms with Gasteiger partial charge in [-0.1, -0.05) is 46.3 Å². The molecule has 0 aliphatic rings. The quantitative estimate of drug-likeness (QED) is 0.586. The number of ketones is 1. The fourth-order valence-electron chi connectivity index (χ4n) is 1.64. The molecule has 0 atom stereocenters. The van der Waals surface area contributed by atoms with Crippen LogP contribution in [0.2, 0.25) is 0 Å². The van der Waals surface area contributed by atoms with Gasteiger partial charge in [-0.05, 0) is 30.7 Å². The van der Waals surface area contributed by atoms with Crippen LogP contribution >= 0.6 is 27.7 Å². The number of benzene rings is 2. The van der Waals surface area contributed by atoms with Crippen LogP contribution in [0.1, 0.15) is 22.8 Å². The second kappa shape index (κ2) is 6.21. The monoisotopic (exact) mass is 320 g/mol. The van der Waals surface area contributed by atoms with Gasteiger partial charge < -0.3 is 0 Å². The first-order valence-corrected chi connectivity index (χ1v) is 7.42. The number of hydrogen-bond acceptors (Lipinski definition) is 2. The van der Waals surface area contributed by atoms with Gasteiger partial charge in [-0.3, -0.25) is 4.79 Å². The zero-order chi connectivity index (χ0) is 13.0. The third kappa shape index (κ3) is 3.47. The molecule has 1 nitrogen and oxygen atoms in total. The van der Waals surface area contributed by atoms with E-state index in [0.29, 0.717) is 0 Å². The molecular formula is C15H13BrOS. The van der Waals surface area contributed by atoms with Crippen molar-refractivity contribution in [3.8, 4) is 0 Å². The topological polar surface area (TPSA) is 17.1 Å². The highest BCUT2D eigenvalue weighted by Gasteiger charge is 2.08. The lowest BCUT2D eigenvalue weighted by molar-refractivity contribution is 0.101. The number of halogens is 1. The highest BCUT2D eigenvalue weighted by Crippen LogP contribution is 2.28. The lowest BCUT2D eigenvalue weighted by Gasteiger charge is -2.07. The zero-order valence-electron chi connectivity index (χ0n) is 10.0. The van der Waals surface area contributed by atoms with Crippen LogP contribution in [0.4, 0.5) is 0 Å². The van der Waals surface area contributed by atoms with Crippen molar-refractivity contribution in [3.05, 3.63) is 64.1 Å². The van der Waals surface area contributed by atoms with Gasteiger partial charge in [-0.15, -0.1) is 11.8 Å². The summed E-state index contributed by atoms with van der Waals surface area (Å²) in [6.07, 6.45) is 0. The molecule has 0 aliphatic carbocycles. The van der Waals surface area contributed by atoms with Crippen molar-refractivity contribution >= 4 is 33.5 Å². The molecule has 0 bridgehead atoms. The first-order valence-electron chi connectivity index (χ1n) is 5.64. The number of carbonyl (C=O) groups is 1. The van der Waals surface area contributed by atoms with Crippen molar-refractivity contribution in [1.82, 2.24) is 0 Å². The lowest BCUT2D eigenvalue weighted by atomic mass is 10.1. The number of rotatable bonds is 4. The summed E-state index contributed by atoms with van der Waals surface area (Å²) in [6, 6.07) is 16.1. The van der Waals surface area contributed by atoms with E-state index in [1.807, 2.05) is 36.4 Å². The molecule has 0 aliphatic heterocycles. The second-order valence-electron chi connectivity index (χ2n) is 3.97. The van der Waals surface area contributed by atoms with Gasteiger partial charge in [0.05, 0.1) is 0 Å². The van der Waals surface area contributed by atoms with Crippen LogP contribution in [0.5, 0.6) is 0 Å². The van der Waals surface area contributed by atoms with E-state index in [2.05, 4.69) is 28.1 Å². The van der Waals surface area contributed by atoms with Gasteiger partial charge in [0.15, 0.2) is 5.78 Å². The maximum absolute atomic E-state index is 11.6. The summed E-state index contributed by atoms with van der Waals surface area (Å²) in [5.41, 5.74) is 2.05. The molecule has 2 aromatic carbocycles. The van der Waals surface area contributed by atoms with Gasteiger partial charge in [0.1, 0.15) is 0 Å². The minimum Gasteiger partial charge on any atom is -0.294 e. The fraction of sp³-hybridized carbons (Fsp3) is 0.133. The normalized spacial score (nSPS) is 10.3. The van der Waals surface area contributed by atoms with Crippen molar-refractivity contribution < 1.29 is 4.79 Å². The highest BCUT2D eigenvalue weighted by molar-refractivity contribution is 9.10. The third-order valence-corrected chi connectivity index (χ3v) is 4.20. The largest absolute Gasteiger partial charge is 0.294 e. The Hall–Kier alpha value is -1.06. The summed E-state index contributed by atoms with van der Waals surface area (Å²) in [6.45, 7) is 1.61. The summed E-state index contributed by atoms with van der Waals surface area (Å²) in [5.74, 6) is 0.981. The van der Waals surface area contributed by atoms with E-state index < -0.39 is 0 Å². The molecule has 0 N–H and O–H groups in total. The Morgan fingerprint density at radius 2 is 1.89 bits per heavy atom. The zero-order valence-corrected chi connectivity index (χ0v) is 12.4. The molecule has 0 amide bonds. The number of carbonyl (C=O) groups excluding carboxylic acids is 1. The van der Waals surface area contributed by atoms with Gasteiger partial charge in [-0.25, -0.2) is 0 Å². The predicted octanol–water partition coefficient (Wildman–Crippen LogP) is 4.94. The maximum Gasteiger partial charge on any atom is 0.160 e. The highest BCUT2D eigenvalue weighted by atomic mass is 79.9. The number of thioether (sulfide) groups is 1. The Balaban J connectivity index is 2.17. The summed E-state index contributed by atoms with van der Waals surface area (Å²) < 4.78 is 0.941. The SMILES string of the molecule is CC(=O)c1cc(Br)ccc1SCc1ccccc1. The lowest BCUT2D eigenvalue weighted by Crippen LogP contribution is -1.95. The fourth-order valence-corrected chi connectivity index (χ4v) is 3.04. The maximum atomic E-state index is 11.6. The van der Waals surface area contributed by atoms with Gasteiger partial charge in [0.2, 0.25) is 0 Å². The van der Waals surface area contributed by atoms with E-state index in [0.717, 1.165) is 20.7 Å². The molecule has 0 saturated carbocycles. The molecule has 0 heterocycles. The Bertz CT molecular complexity index is 552. The van der Waals surface area contributed by atoms with Gasteiger partial charge in [-0.2, -0.15) is 0 Å². The Kier molecular flexibility index (Phi) is 4.61. The van der Waals surface area contributed by atoms with Crippen LogP contribution < -0.4 is 0 Å². The first kappa shape index (κ1) is 13.4. The predicted molar refractivity (Wildman–Crippen MR) is 80.1 cm³/mol. The van der Waals surface area contributed by atoms with Crippen molar-refractivity contribution in [2.24, 2.45) is 0 Å². The molecule has 92 valence electrons. The van der Waals surface area contributed by atoms with Crippen molar-refractivity contribution in [3.63, 3.8) is 0 Å². The average Bonchev–Trinajstić information content (AvgIpc) is 2.38. The molecule has 18 heavy (non-hydrogen) atoms. The van der Waals surface area contributed by atoms with E-state index in [9.17, 15) is 4.79 Å². The van der Waals surface area contributed by atoms with Gasteiger partial charge in [0, 0.05) is 20.7 Å². The summed E-state index contributed by atoms with van der Waals surface area (Å²) in [4.78, 5) is 12.6. The molecule has 0 spiro atoms. The van der Waals surface area contributed by atoms with Crippen LogP contribution in [0, 0.1) is 0 Å². The smallest absolute Gasteiger partial charge is 0.160 e. The molecular weight excluding hydrogens is 308 g/mol. The molecule has 0 aromatic heterocycles. The second-order valence-corrected chi connectivity index (χ2v) is 5.90. The Morgan fingerprint density at radius 3 is 2.56 bits per heavy atom. The minimum atomic E-state index is 0.104. The summed E-state index contributed by atoms with van der Waals surface area (Å²) in [5, 5.41) is 0. The molecule has 0 fully saturated rings. The van der Waals surface area contributed by atoms with Crippen LogP contribution in [-0.2, 0) is 5.75 Å². The van der Waals surface area contributed by atoms with Crippen LogP contribution in [0.15, 0.2) is 57.9 Å². The van der Waals surface area contributed by atoms with Gasteiger partial charge >= 0.3 is 0 Å². The van der Waals surface area contributed by atoms with Crippen molar-refractivity contribution in [2.45, 2.75) is 17.6 Å². The molecule has 0 unspecified atom stereocenters. The van der Waals surface area contributed by atoms with E-state index in [1.165, 1.54) is 5.56 Å². The van der Waals surface area contributed by atoms with Gasteiger partial charge in [0.25, 0.3) is 0 Å².